The van der Waals surface area contributed by atoms with Crippen LogP contribution < -0.4 is 11.1 Å². The van der Waals surface area contributed by atoms with Crippen LogP contribution >= 0.6 is 0 Å². The first-order valence-electron chi connectivity index (χ1n) is 5.95. The van der Waals surface area contributed by atoms with Crippen LogP contribution in [0.3, 0.4) is 0 Å². The Morgan fingerprint density at radius 1 is 1.44 bits per heavy atom. The van der Waals surface area contributed by atoms with Gasteiger partial charge in [-0.15, -0.1) is 0 Å². The Kier molecular flexibility index (Phi) is 3.79. The molecular formula is C10H19N3O4S. The summed E-state index contributed by atoms with van der Waals surface area (Å²) in [5.74, 6) is -0.0922. The van der Waals surface area contributed by atoms with Gasteiger partial charge in [-0.3, -0.25) is 0 Å². The first kappa shape index (κ1) is 13.6. The molecule has 0 spiro atoms. The lowest BCUT2D eigenvalue weighted by molar-refractivity contribution is 0.0986. The summed E-state index contributed by atoms with van der Waals surface area (Å²) in [7, 11) is -1.66. The molecule has 2 heterocycles. The average Bonchev–Trinajstić information content (AvgIpc) is 2.82. The molecule has 0 aliphatic carbocycles. The van der Waals surface area contributed by atoms with E-state index in [1.807, 2.05) is 0 Å². The second-order valence-electron chi connectivity index (χ2n) is 4.90. The number of rotatable bonds is 2. The zero-order valence-corrected chi connectivity index (χ0v) is 11.1. The van der Waals surface area contributed by atoms with Crippen LogP contribution in [0.15, 0.2) is 0 Å². The lowest BCUT2D eigenvalue weighted by Crippen LogP contribution is -2.49. The largest absolute Gasteiger partial charge is 0.378 e. The molecule has 2 saturated heterocycles. The number of methoxy groups -OCH3 is 1. The van der Waals surface area contributed by atoms with E-state index in [0.717, 1.165) is 6.42 Å². The van der Waals surface area contributed by atoms with Crippen LogP contribution in [0, 0.1) is 0 Å². The molecule has 18 heavy (non-hydrogen) atoms. The Morgan fingerprint density at radius 2 is 2.17 bits per heavy atom. The fraction of sp³-hybridized carbons (Fsp3) is 0.900. The van der Waals surface area contributed by atoms with Crippen LogP contribution in [0.25, 0.3) is 0 Å². The molecule has 0 aromatic rings. The smallest absolute Gasteiger partial charge is 0.317 e. The first-order chi connectivity index (χ1) is 8.41. The molecule has 0 saturated carbocycles. The minimum absolute atomic E-state index is 0.0151. The highest BCUT2D eigenvalue weighted by Crippen LogP contribution is 2.16. The summed E-state index contributed by atoms with van der Waals surface area (Å²) in [6.45, 7) is 1.13. The van der Waals surface area contributed by atoms with Gasteiger partial charge in [0.05, 0.1) is 23.7 Å². The number of hydrogen-bond acceptors (Lipinski definition) is 5. The fourth-order valence-electron chi connectivity index (χ4n) is 2.40. The number of amides is 2. The molecule has 0 bridgehead atoms. The van der Waals surface area contributed by atoms with Gasteiger partial charge in [0.15, 0.2) is 9.84 Å². The van der Waals surface area contributed by atoms with Crippen molar-refractivity contribution in [3.8, 4) is 0 Å². The Balaban J connectivity index is 1.94. The molecule has 104 valence electrons. The van der Waals surface area contributed by atoms with Gasteiger partial charge in [0, 0.05) is 26.2 Å². The number of nitrogens with zero attached hydrogens (tertiary/aromatic N) is 1. The molecule has 7 nitrogen and oxygen atoms in total. The van der Waals surface area contributed by atoms with Crippen LogP contribution in [0.4, 0.5) is 4.79 Å². The maximum Gasteiger partial charge on any atom is 0.317 e. The van der Waals surface area contributed by atoms with E-state index in [1.54, 1.807) is 4.90 Å². The third-order valence-electron chi connectivity index (χ3n) is 3.42. The Morgan fingerprint density at radius 3 is 2.72 bits per heavy atom. The number of carbonyl (C=O) groups excluding carboxylic acids is 1. The summed E-state index contributed by atoms with van der Waals surface area (Å²) >= 11 is 0. The van der Waals surface area contributed by atoms with Gasteiger partial charge in [-0.1, -0.05) is 0 Å². The number of nitrogens with one attached hydrogen (secondary N) is 1. The van der Waals surface area contributed by atoms with E-state index < -0.39 is 22.0 Å². The van der Waals surface area contributed by atoms with E-state index in [2.05, 4.69) is 5.32 Å². The molecule has 2 aliphatic heterocycles. The van der Waals surface area contributed by atoms with E-state index in [-0.39, 0.29) is 23.6 Å². The van der Waals surface area contributed by atoms with Crippen molar-refractivity contribution in [1.82, 2.24) is 10.2 Å². The van der Waals surface area contributed by atoms with E-state index in [4.69, 9.17) is 10.5 Å². The SMILES string of the molecule is COC1CS(=O)(=O)CC1NC(=O)N1CC[C@@H](N)C1. The molecule has 0 aromatic heterocycles. The van der Waals surface area contributed by atoms with Crippen molar-refractivity contribution in [1.29, 1.82) is 0 Å². The van der Waals surface area contributed by atoms with E-state index in [0.29, 0.717) is 13.1 Å². The van der Waals surface area contributed by atoms with Crippen molar-refractivity contribution < 1.29 is 17.9 Å². The maximum atomic E-state index is 11.9. The van der Waals surface area contributed by atoms with E-state index >= 15 is 0 Å². The third kappa shape index (κ3) is 2.93. The molecule has 0 radical (unpaired) electrons. The minimum Gasteiger partial charge on any atom is -0.378 e. The quantitative estimate of drug-likeness (QED) is 0.642. The van der Waals surface area contributed by atoms with E-state index in [1.165, 1.54) is 7.11 Å². The summed E-state index contributed by atoms with van der Waals surface area (Å²) < 4.78 is 28.1. The first-order valence-corrected chi connectivity index (χ1v) is 7.77. The molecule has 2 fully saturated rings. The van der Waals surface area contributed by atoms with Crippen molar-refractivity contribution >= 4 is 15.9 Å². The van der Waals surface area contributed by atoms with Crippen molar-refractivity contribution in [2.45, 2.75) is 24.6 Å². The zero-order valence-electron chi connectivity index (χ0n) is 10.3. The van der Waals surface area contributed by atoms with Crippen molar-refractivity contribution in [2.24, 2.45) is 5.73 Å². The van der Waals surface area contributed by atoms with Crippen LogP contribution in [0.5, 0.6) is 0 Å². The third-order valence-corrected chi connectivity index (χ3v) is 5.13. The normalized spacial score (nSPS) is 34.8. The van der Waals surface area contributed by atoms with Gasteiger partial charge in [0.2, 0.25) is 0 Å². The molecule has 2 unspecified atom stereocenters. The van der Waals surface area contributed by atoms with Gasteiger partial charge in [-0.05, 0) is 6.42 Å². The topological polar surface area (TPSA) is 102 Å². The highest BCUT2D eigenvalue weighted by molar-refractivity contribution is 7.91. The fourth-order valence-corrected chi connectivity index (χ4v) is 4.25. The summed E-state index contributed by atoms with van der Waals surface area (Å²) in [5.41, 5.74) is 5.73. The molecule has 3 atom stereocenters. The van der Waals surface area contributed by atoms with Crippen LogP contribution in [0.1, 0.15) is 6.42 Å². The predicted molar refractivity (Wildman–Crippen MR) is 65.9 cm³/mol. The summed E-state index contributed by atoms with van der Waals surface area (Å²) in [6.07, 6.45) is 0.319. The number of nitrogens with two attached hydrogens (primary N) is 1. The van der Waals surface area contributed by atoms with Crippen molar-refractivity contribution in [3.63, 3.8) is 0 Å². The number of urea groups is 1. The molecular weight excluding hydrogens is 258 g/mol. The molecule has 2 rings (SSSR count). The van der Waals surface area contributed by atoms with Crippen LogP contribution in [-0.4, -0.2) is 69.2 Å². The Labute approximate surface area is 107 Å². The van der Waals surface area contributed by atoms with Gasteiger partial charge >= 0.3 is 6.03 Å². The van der Waals surface area contributed by atoms with Crippen molar-refractivity contribution in [2.75, 3.05) is 31.7 Å². The second kappa shape index (κ2) is 5.02. The standard InChI is InChI=1S/C10H19N3O4S/c1-17-9-6-18(15,16)5-8(9)12-10(14)13-3-2-7(11)4-13/h7-9H,2-6,11H2,1H3,(H,12,14)/t7-,8?,9?/m1/s1. The number of likely N-dealkylation sites (tertiary alicyclic amines) is 1. The van der Waals surface area contributed by atoms with Crippen LogP contribution in [-0.2, 0) is 14.6 Å². The molecule has 2 amide bonds. The number of sulfone groups is 1. The van der Waals surface area contributed by atoms with Gasteiger partial charge in [0.1, 0.15) is 0 Å². The predicted octanol–water partition coefficient (Wildman–Crippen LogP) is -1.46. The lowest BCUT2D eigenvalue weighted by Gasteiger charge is -2.22. The highest BCUT2D eigenvalue weighted by atomic mass is 32.2. The van der Waals surface area contributed by atoms with Gasteiger partial charge in [-0.25, -0.2) is 13.2 Å². The monoisotopic (exact) mass is 277 g/mol. The van der Waals surface area contributed by atoms with Crippen molar-refractivity contribution in [3.05, 3.63) is 0 Å². The molecule has 2 aliphatic rings. The molecule has 3 N–H and O–H groups in total. The number of hydrogen-bond donors (Lipinski definition) is 2. The number of carbonyl (C=O) groups is 1. The molecule has 8 heteroatoms. The lowest BCUT2D eigenvalue weighted by atomic mass is 10.2. The summed E-state index contributed by atoms with van der Waals surface area (Å²) in [5, 5.41) is 2.73. The van der Waals surface area contributed by atoms with Gasteiger partial charge in [0.25, 0.3) is 0 Å². The number of ether oxygens (including phenoxy) is 1. The van der Waals surface area contributed by atoms with E-state index in [9.17, 15) is 13.2 Å². The Hall–Kier alpha value is -0.860. The summed E-state index contributed by atoms with van der Waals surface area (Å²) in [4.78, 5) is 13.5. The second-order valence-corrected chi connectivity index (χ2v) is 7.06. The Bertz CT molecular complexity index is 425. The maximum absolute atomic E-state index is 11.9. The summed E-state index contributed by atoms with van der Waals surface area (Å²) in [6, 6.07) is -0.710. The van der Waals surface area contributed by atoms with Crippen LogP contribution in [0.2, 0.25) is 0 Å². The highest BCUT2D eigenvalue weighted by Gasteiger charge is 2.39. The molecule has 0 aromatic carbocycles. The average molecular weight is 277 g/mol. The van der Waals surface area contributed by atoms with Gasteiger partial charge < -0.3 is 20.7 Å². The zero-order chi connectivity index (χ0) is 13.3. The van der Waals surface area contributed by atoms with Gasteiger partial charge in [-0.2, -0.15) is 0 Å². The minimum atomic E-state index is -3.12.